The van der Waals surface area contributed by atoms with E-state index in [0.717, 1.165) is 44.3 Å². The molecule has 2 heterocycles. The molecule has 2 aromatic heterocycles. The summed E-state index contributed by atoms with van der Waals surface area (Å²) in [6.07, 6.45) is 2.88. The molecule has 0 bridgehead atoms. The Bertz CT molecular complexity index is 1070. The Labute approximate surface area is 165 Å². The molecule has 0 aliphatic carbocycles. The summed E-state index contributed by atoms with van der Waals surface area (Å²) in [6.45, 7) is 1.98. The van der Waals surface area contributed by atoms with Crippen molar-refractivity contribution in [3.05, 3.63) is 58.9 Å². The molecule has 4 aromatic rings. The van der Waals surface area contributed by atoms with Crippen LogP contribution in [0.2, 0.25) is 0 Å². The van der Waals surface area contributed by atoms with E-state index in [4.69, 9.17) is 0 Å². The second kappa shape index (κ2) is 7.70. The summed E-state index contributed by atoms with van der Waals surface area (Å²) in [5, 5.41) is 4.16. The van der Waals surface area contributed by atoms with Crippen LogP contribution >= 0.6 is 23.1 Å². The van der Waals surface area contributed by atoms with Gasteiger partial charge in [0.15, 0.2) is 0 Å². The number of aromatic nitrogens is 3. The normalized spacial score (nSPS) is 12.5. The average Bonchev–Trinajstić information content (AvgIpc) is 3.26. The van der Waals surface area contributed by atoms with Crippen LogP contribution in [0.3, 0.4) is 0 Å². The molecule has 27 heavy (non-hydrogen) atoms. The third-order valence-electron chi connectivity index (χ3n) is 4.41. The Hall–Kier alpha value is -2.38. The molecule has 1 atom stereocenters. The van der Waals surface area contributed by atoms with Crippen LogP contribution in [-0.4, -0.2) is 32.9 Å². The third kappa shape index (κ3) is 3.84. The molecule has 138 valence electrons. The number of benzene rings is 2. The van der Waals surface area contributed by atoms with Crippen molar-refractivity contribution in [1.29, 1.82) is 0 Å². The molecule has 2 N–H and O–H groups in total. The highest BCUT2D eigenvalue weighted by Gasteiger charge is 2.19. The van der Waals surface area contributed by atoms with Crippen LogP contribution < -0.4 is 5.32 Å². The summed E-state index contributed by atoms with van der Waals surface area (Å²) in [5.74, 6) is 1.65. The number of nitrogens with zero attached hydrogens (tertiary/aromatic N) is 2. The number of hydrogen-bond donors (Lipinski definition) is 2. The van der Waals surface area contributed by atoms with Gasteiger partial charge in [-0.3, -0.25) is 4.79 Å². The summed E-state index contributed by atoms with van der Waals surface area (Å²) in [7, 11) is 0. The Kier molecular flexibility index (Phi) is 5.13. The molecule has 4 rings (SSSR count). The summed E-state index contributed by atoms with van der Waals surface area (Å²) in [5.41, 5.74) is 3.48. The maximum atomic E-state index is 12.9. The number of rotatable bonds is 6. The number of para-hydroxylation sites is 2. The molecule has 0 fully saturated rings. The highest BCUT2D eigenvalue weighted by molar-refractivity contribution is 7.98. The maximum Gasteiger partial charge on any atom is 0.251 e. The van der Waals surface area contributed by atoms with E-state index in [1.54, 1.807) is 23.1 Å². The van der Waals surface area contributed by atoms with Crippen LogP contribution in [0.5, 0.6) is 0 Å². The van der Waals surface area contributed by atoms with Gasteiger partial charge in [0, 0.05) is 5.56 Å². The molecule has 7 heteroatoms. The number of imidazole rings is 1. The SMILES string of the molecule is CSCC[C@H](NC(=O)c1ccc2nc(C)sc2c1)c1nc2ccccc2[nH]1. The smallest absolute Gasteiger partial charge is 0.251 e. The second-order valence-electron chi connectivity index (χ2n) is 6.36. The summed E-state index contributed by atoms with van der Waals surface area (Å²) >= 11 is 3.36. The number of amides is 1. The predicted octanol–water partition coefficient (Wildman–Crippen LogP) is 4.71. The van der Waals surface area contributed by atoms with Crippen molar-refractivity contribution in [2.75, 3.05) is 12.0 Å². The first-order chi connectivity index (χ1) is 13.1. The number of carbonyl (C=O) groups excluding carboxylic acids is 1. The highest BCUT2D eigenvalue weighted by atomic mass is 32.2. The van der Waals surface area contributed by atoms with Crippen molar-refractivity contribution < 1.29 is 4.79 Å². The van der Waals surface area contributed by atoms with Crippen LogP contribution in [0.1, 0.15) is 33.7 Å². The summed E-state index contributed by atoms with van der Waals surface area (Å²) < 4.78 is 1.03. The number of aromatic amines is 1. The van der Waals surface area contributed by atoms with Crippen molar-refractivity contribution in [1.82, 2.24) is 20.3 Å². The summed E-state index contributed by atoms with van der Waals surface area (Å²) in [4.78, 5) is 25.4. The van der Waals surface area contributed by atoms with E-state index in [-0.39, 0.29) is 11.9 Å². The zero-order chi connectivity index (χ0) is 18.8. The average molecular weight is 397 g/mol. The largest absolute Gasteiger partial charge is 0.342 e. The zero-order valence-electron chi connectivity index (χ0n) is 15.2. The predicted molar refractivity (Wildman–Crippen MR) is 114 cm³/mol. The lowest BCUT2D eigenvalue weighted by Crippen LogP contribution is -2.29. The molecule has 2 aromatic carbocycles. The van der Waals surface area contributed by atoms with Crippen LogP contribution in [0.25, 0.3) is 21.3 Å². The second-order valence-corrected chi connectivity index (χ2v) is 8.58. The van der Waals surface area contributed by atoms with Gasteiger partial charge in [0.25, 0.3) is 5.91 Å². The first-order valence-corrected chi connectivity index (χ1v) is 11.0. The van der Waals surface area contributed by atoms with E-state index in [2.05, 4.69) is 26.5 Å². The van der Waals surface area contributed by atoms with Gasteiger partial charge < -0.3 is 10.3 Å². The lowest BCUT2D eigenvalue weighted by atomic mass is 10.1. The van der Waals surface area contributed by atoms with Crippen molar-refractivity contribution in [3.63, 3.8) is 0 Å². The van der Waals surface area contributed by atoms with Crippen LogP contribution in [0.4, 0.5) is 0 Å². The first kappa shape index (κ1) is 18.0. The van der Waals surface area contributed by atoms with Gasteiger partial charge in [-0.2, -0.15) is 11.8 Å². The molecule has 0 spiro atoms. The molecule has 0 unspecified atom stereocenters. The minimum Gasteiger partial charge on any atom is -0.342 e. The fourth-order valence-corrected chi connectivity index (χ4v) is 4.41. The standard InChI is InChI=1S/C20H20N4OS2/c1-12-21-16-8-7-13(11-18(16)27-12)20(25)24-17(9-10-26-2)19-22-14-5-3-4-6-15(14)23-19/h3-8,11,17H,9-10H2,1-2H3,(H,22,23)(H,24,25)/t17-/m0/s1. The lowest BCUT2D eigenvalue weighted by Gasteiger charge is -2.16. The minimum absolute atomic E-state index is 0.0884. The number of hydrogen-bond acceptors (Lipinski definition) is 5. The molecule has 0 saturated heterocycles. The number of thioether (sulfide) groups is 1. The van der Waals surface area contributed by atoms with Gasteiger partial charge in [0.2, 0.25) is 0 Å². The topological polar surface area (TPSA) is 70.7 Å². The monoisotopic (exact) mass is 396 g/mol. The highest BCUT2D eigenvalue weighted by Crippen LogP contribution is 2.24. The van der Waals surface area contributed by atoms with Crippen molar-refractivity contribution in [2.45, 2.75) is 19.4 Å². The van der Waals surface area contributed by atoms with Gasteiger partial charge in [-0.15, -0.1) is 11.3 Å². The van der Waals surface area contributed by atoms with E-state index >= 15 is 0 Å². The van der Waals surface area contributed by atoms with E-state index in [9.17, 15) is 4.79 Å². The van der Waals surface area contributed by atoms with Gasteiger partial charge in [-0.25, -0.2) is 9.97 Å². The molecule has 1 amide bonds. The molecule has 5 nitrogen and oxygen atoms in total. The number of H-pyrrole nitrogens is 1. The van der Waals surface area contributed by atoms with Crippen molar-refractivity contribution >= 4 is 50.3 Å². The van der Waals surface area contributed by atoms with Crippen molar-refractivity contribution in [3.8, 4) is 0 Å². The van der Waals surface area contributed by atoms with Gasteiger partial charge >= 0.3 is 0 Å². The van der Waals surface area contributed by atoms with Crippen LogP contribution in [0, 0.1) is 6.92 Å². The number of aryl methyl sites for hydroxylation is 1. The fourth-order valence-electron chi connectivity index (χ4n) is 3.07. The van der Waals surface area contributed by atoms with E-state index in [0.29, 0.717) is 5.56 Å². The number of thiazole rings is 1. The van der Waals surface area contributed by atoms with Crippen LogP contribution in [0.15, 0.2) is 42.5 Å². The summed E-state index contributed by atoms with van der Waals surface area (Å²) in [6, 6.07) is 13.4. The van der Waals surface area contributed by atoms with Gasteiger partial charge in [-0.1, -0.05) is 12.1 Å². The quantitative estimate of drug-likeness (QED) is 0.495. The molecular weight excluding hydrogens is 376 g/mol. The number of fused-ring (bicyclic) bond motifs is 2. The van der Waals surface area contributed by atoms with Gasteiger partial charge in [-0.05, 0) is 55.7 Å². The lowest BCUT2D eigenvalue weighted by molar-refractivity contribution is 0.0934. The Morgan fingerprint density at radius 3 is 2.89 bits per heavy atom. The third-order valence-corrected chi connectivity index (χ3v) is 5.99. The maximum absolute atomic E-state index is 12.9. The van der Waals surface area contributed by atoms with E-state index in [1.165, 1.54) is 0 Å². The Morgan fingerprint density at radius 2 is 2.07 bits per heavy atom. The molecule has 0 aliphatic rings. The van der Waals surface area contributed by atoms with Crippen molar-refractivity contribution in [2.24, 2.45) is 0 Å². The van der Waals surface area contributed by atoms with Gasteiger partial charge in [0.05, 0.1) is 32.3 Å². The fraction of sp³-hybridized carbons (Fsp3) is 0.250. The zero-order valence-corrected chi connectivity index (χ0v) is 16.8. The van der Waals surface area contributed by atoms with E-state index < -0.39 is 0 Å². The Morgan fingerprint density at radius 1 is 1.22 bits per heavy atom. The molecule has 0 radical (unpaired) electrons. The van der Waals surface area contributed by atoms with Gasteiger partial charge in [0.1, 0.15) is 5.82 Å². The molecular formula is C20H20N4OS2. The first-order valence-electron chi connectivity index (χ1n) is 8.75. The molecule has 0 saturated carbocycles. The Balaban J connectivity index is 1.60. The number of nitrogens with one attached hydrogen (secondary N) is 2. The van der Waals surface area contributed by atoms with E-state index in [1.807, 2.05) is 49.4 Å². The molecule has 0 aliphatic heterocycles. The number of carbonyl (C=O) groups is 1. The van der Waals surface area contributed by atoms with Crippen LogP contribution in [-0.2, 0) is 0 Å². The minimum atomic E-state index is -0.156.